The summed E-state index contributed by atoms with van der Waals surface area (Å²) in [6.45, 7) is 10.5. The lowest BCUT2D eigenvalue weighted by atomic mass is 10.1. The molecule has 0 aromatic rings. The molecule has 2 N–H and O–H groups in total. The van der Waals surface area contributed by atoms with Gasteiger partial charge in [-0.2, -0.15) is 0 Å². The van der Waals surface area contributed by atoms with Crippen molar-refractivity contribution in [2.45, 2.75) is 19.4 Å². The fraction of sp³-hybridized carbons (Fsp3) is 0.769. The third-order valence-corrected chi connectivity index (χ3v) is 3.42. The molecule has 1 rings (SSSR count). The van der Waals surface area contributed by atoms with Crippen LogP contribution in [0.2, 0.25) is 0 Å². The molecule has 1 aliphatic rings. The van der Waals surface area contributed by atoms with E-state index in [0.717, 1.165) is 32.6 Å². The predicted molar refractivity (Wildman–Crippen MR) is 72.4 cm³/mol. The Hall–Kier alpha value is -0.910. The Balaban J connectivity index is 2.26. The predicted octanol–water partition coefficient (Wildman–Crippen LogP) is -0.323. The Morgan fingerprint density at radius 3 is 2.61 bits per heavy atom. The standard InChI is InChI=1S/C13H25N3O2/c1-3-5-14-13(18)10-15-6-8-16(9-7-15)12(4-2)11-17/h3,12,17H,1,4-11H2,2H3,(H,14,18). The van der Waals surface area contributed by atoms with Crippen molar-refractivity contribution in [3.8, 4) is 0 Å². The second-order valence-electron chi connectivity index (χ2n) is 4.65. The summed E-state index contributed by atoms with van der Waals surface area (Å²) >= 11 is 0. The minimum absolute atomic E-state index is 0.0533. The SMILES string of the molecule is C=CCNC(=O)CN1CCN(C(CC)CO)CC1. The van der Waals surface area contributed by atoms with E-state index < -0.39 is 0 Å². The molecule has 0 aliphatic carbocycles. The first kappa shape index (κ1) is 15.1. The van der Waals surface area contributed by atoms with Crippen molar-refractivity contribution in [3.05, 3.63) is 12.7 Å². The van der Waals surface area contributed by atoms with Gasteiger partial charge in [0.25, 0.3) is 0 Å². The highest BCUT2D eigenvalue weighted by atomic mass is 16.3. The number of nitrogens with one attached hydrogen (secondary N) is 1. The van der Waals surface area contributed by atoms with Crippen LogP contribution in [0.5, 0.6) is 0 Å². The topological polar surface area (TPSA) is 55.8 Å². The highest BCUT2D eigenvalue weighted by Gasteiger charge is 2.22. The Bertz CT molecular complexity index is 259. The van der Waals surface area contributed by atoms with Crippen molar-refractivity contribution >= 4 is 5.91 Å². The van der Waals surface area contributed by atoms with Gasteiger partial charge in [-0.15, -0.1) is 6.58 Å². The number of hydrogen-bond acceptors (Lipinski definition) is 4. The number of hydrogen-bond donors (Lipinski definition) is 2. The van der Waals surface area contributed by atoms with Gasteiger partial charge >= 0.3 is 0 Å². The molecule has 1 fully saturated rings. The average Bonchev–Trinajstić information content (AvgIpc) is 2.40. The van der Waals surface area contributed by atoms with Gasteiger partial charge in [0.2, 0.25) is 5.91 Å². The lowest BCUT2D eigenvalue weighted by Crippen LogP contribution is -2.53. The highest BCUT2D eigenvalue weighted by Crippen LogP contribution is 2.08. The molecule has 0 saturated carbocycles. The van der Waals surface area contributed by atoms with Crippen LogP contribution < -0.4 is 5.32 Å². The number of carbonyl (C=O) groups is 1. The largest absolute Gasteiger partial charge is 0.395 e. The van der Waals surface area contributed by atoms with E-state index >= 15 is 0 Å². The van der Waals surface area contributed by atoms with E-state index in [1.807, 2.05) is 0 Å². The van der Waals surface area contributed by atoms with Gasteiger partial charge in [-0.1, -0.05) is 13.0 Å². The Labute approximate surface area is 109 Å². The number of carbonyl (C=O) groups excluding carboxylic acids is 1. The van der Waals surface area contributed by atoms with Gasteiger partial charge in [0.1, 0.15) is 0 Å². The molecule has 1 atom stereocenters. The van der Waals surface area contributed by atoms with E-state index in [-0.39, 0.29) is 18.6 Å². The minimum atomic E-state index is 0.0533. The maximum atomic E-state index is 11.5. The summed E-state index contributed by atoms with van der Waals surface area (Å²) in [5.41, 5.74) is 0. The maximum Gasteiger partial charge on any atom is 0.234 e. The lowest BCUT2D eigenvalue weighted by Gasteiger charge is -2.38. The molecule has 1 heterocycles. The quantitative estimate of drug-likeness (QED) is 0.612. The maximum absolute atomic E-state index is 11.5. The molecule has 5 nitrogen and oxygen atoms in total. The van der Waals surface area contributed by atoms with Crippen LogP contribution in [-0.2, 0) is 4.79 Å². The number of aliphatic hydroxyl groups excluding tert-OH is 1. The molecule has 0 spiro atoms. The summed E-state index contributed by atoms with van der Waals surface area (Å²) in [5.74, 6) is 0.0533. The van der Waals surface area contributed by atoms with Crippen LogP contribution >= 0.6 is 0 Å². The van der Waals surface area contributed by atoms with Crippen molar-refractivity contribution in [1.82, 2.24) is 15.1 Å². The summed E-state index contributed by atoms with van der Waals surface area (Å²) in [7, 11) is 0. The summed E-state index contributed by atoms with van der Waals surface area (Å²) in [5, 5.41) is 12.0. The molecule has 18 heavy (non-hydrogen) atoms. The van der Waals surface area contributed by atoms with E-state index in [1.165, 1.54) is 0 Å². The van der Waals surface area contributed by atoms with Gasteiger partial charge in [0.05, 0.1) is 13.2 Å². The van der Waals surface area contributed by atoms with E-state index in [4.69, 9.17) is 0 Å². The molecule has 0 aromatic carbocycles. The second-order valence-corrected chi connectivity index (χ2v) is 4.65. The van der Waals surface area contributed by atoms with Crippen LogP contribution in [0.1, 0.15) is 13.3 Å². The summed E-state index contributed by atoms with van der Waals surface area (Å²) < 4.78 is 0. The van der Waals surface area contributed by atoms with E-state index in [1.54, 1.807) is 6.08 Å². The number of nitrogens with zero attached hydrogens (tertiary/aromatic N) is 2. The van der Waals surface area contributed by atoms with Crippen LogP contribution in [0.25, 0.3) is 0 Å². The molecule has 0 bridgehead atoms. The zero-order valence-electron chi connectivity index (χ0n) is 11.3. The smallest absolute Gasteiger partial charge is 0.234 e. The summed E-state index contributed by atoms with van der Waals surface area (Å²) in [4.78, 5) is 16.0. The zero-order valence-corrected chi connectivity index (χ0v) is 11.3. The van der Waals surface area contributed by atoms with E-state index in [2.05, 4.69) is 28.6 Å². The van der Waals surface area contributed by atoms with Gasteiger partial charge in [-0.3, -0.25) is 14.6 Å². The molecule has 1 amide bonds. The monoisotopic (exact) mass is 255 g/mol. The lowest BCUT2D eigenvalue weighted by molar-refractivity contribution is -0.122. The fourth-order valence-electron chi connectivity index (χ4n) is 2.23. The molecule has 5 heteroatoms. The van der Waals surface area contributed by atoms with Gasteiger partial charge in [-0.25, -0.2) is 0 Å². The highest BCUT2D eigenvalue weighted by molar-refractivity contribution is 5.78. The Kier molecular flexibility index (Phi) is 6.93. The van der Waals surface area contributed by atoms with Crippen molar-refractivity contribution in [3.63, 3.8) is 0 Å². The van der Waals surface area contributed by atoms with E-state index in [0.29, 0.717) is 13.1 Å². The first-order valence-electron chi connectivity index (χ1n) is 6.66. The summed E-state index contributed by atoms with van der Waals surface area (Å²) in [6, 6.07) is 0.266. The van der Waals surface area contributed by atoms with Crippen LogP contribution in [0.15, 0.2) is 12.7 Å². The van der Waals surface area contributed by atoms with Crippen molar-refractivity contribution < 1.29 is 9.90 Å². The number of piperazine rings is 1. The van der Waals surface area contributed by atoms with Crippen LogP contribution in [0.3, 0.4) is 0 Å². The Morgan fingerprint density at radius 2 is 2.11 bits per heavy atom. The molecule has 1 aliphatic heterocycles. The van der Waals surface area contributed by atoms with Crippen LogP contribution in [0.4, 0.5) is 0 Å². The number of aliphatic hydroxyl groups is 1. The molecule has 0 aromatic heterocycles. The summed E-state index contributed by atoms with van der Waals surface area (Å²) in [6.07, 6.45) is 2.65. The number of amides is 1. The minimum Gasteiger partial charge on any atom is -0.395 e. The second kappa shape index (κ2) is 8.24. The van der Waals surface area contributed by atoms with Gasteiger partial charge in [0, 0.05) is 38.8 Å². The normalized spacial score (nSPS) is 19.4. The molecule has 1 saturated heterocycles. The first-order chi connectivity index (χ1) is 8.71. The molecule has 0 radical (unpaired) electrons. The van der Waals surface area contributed by atoms with Gasteiger partial charge in [-0.05, 0) is 6.42 Å². The number of rotatable bonds is 7. The average molecular weight is 255 g/mol. The van der Waals surface area contributed by atoms with Crippen LogP contribution in [0, 0.1) is 0 Å². The van der Waals surface area contributed by atoms with Gasteiger partial charge in [0.15, 0.2) is 0 Å². The van der Waals surface area contributed by atoms with Crippen molar-refractivity contribution in [2.75, 3.05) is 45.9 Å². The van der Waals surface area contributed by atoms with Gasteiger partial charge < -0.3 is 10.4 Å². The molecular formula is C13H25N3O2. The first-order valence-corrected chi connectivity index (χ1v) is 6.66. The Morgan fingerprint density at radius 1 is 1.44 bits per heavy atom. The zero-order chi connectivity index (χ0) is 13.4. The fourth-order valence-corrected chi connectivity index (χ4v) is 2.23. The van der Waals surface area contributed by atoms with E-state index in [9.17, 15) is 9.90 Å². The molecule has 104 valence electrons. The third kappa shape index (κ3) is 4.76. The third-order valence-electron chi connectivity index (χ3n) is 3.42. The van der Waals surface area contributed by atoms with Crippen molar-refractivity contribution in [2.24, 2.45) is 0 Å². The van der Waals surface area contributed by atoms with Crippen molar-refractivity contribution in [1.29, 1.82) is 0 Å². The molecular weight excluding hydrogens is 230 g/mol. The van der Waals surface area contributed by atoms with Crippen LogP contribution in [-0.4, -0.2) is 72.7 Å². The molecule has 1 unspecified atom stereocenters.